The third-order valence-corrected chi connectivity index (χ3v) is 19.5. The molecule has 0 aliphatic rings. The molecule has 15 aromatic rings. The van der Waals surface area contributed by atoms with Crippen molar-refractivity contribution in [1.29, 1.82) is 10.5 Å². The van der Waals surface area contributed by atoms with Crippen molar-refractivity contribution in [2.75, 3.05) is 0 Å². The van der Waals surface area contributed by atoms with Gasteiger partial charge in [0.15, 0.2) is 11.4 Å². The highest BCUT2D eigenvalue weighted by Crippen LogP contribution is 2.54. The van der Waals surface area contributed by atoms with Gasteiger partial charge in [-0.05, 0) is 182 Å². The summed E-state index contributed by atoms with van der Waals surface area (Å²) in [6, 6.07) is 78.1. The van der Waals surface area contributed by atoms with Gasteiger partial charge in [-0.1, -0.05) is 162 Å². The lowest BCUT2D eigenvalue weighted by molar-refractivity contribution is 0.590. The van der Waals surface area contributed by atoms with Gasteiger partial charge in [-0.3, -0.25) is 0 Å². The first-order valence-electron chi connectivity index (χ1n) is 32.3. The second kappa shape index (κ2) is 21.1. The van der Waals surface area contributed by atoms with Crippen molar-refractivity contribution < 1.29 is 0 Å². The summed E-state index contributed by atoms with van der Waals surface area (Å²) in [6.45, 7) is 44.3. The van der Waals surface area contributed by atoms with Gasteiger partial charge < -0.3 is 18.3 Å². The minimum atomic E-state index is -0.0479. The summed E-state index contributed by atoms with van der Waals surface area (Å²) in [4.78, 5) is 8.08. The molecule has 0 radical (unpaired) electrons. The van der Waals surface area contributed by atoms with E-state index in [-0.39, 0.29) is 21.7 Å². The highest BCUT2D eigenvalue weighted by Gasteiger charge is 2.32. The maximum Gasteiger partial charge on any atom is 0.196 e. The Morgan fingerprint density at radius 1 is 0.330 bits per heavy atom. The number of benzene rings is 11. The minimum absolute atomic E-state index is 0.0479. The Morgan fingerprint density at radius 3 is 1.03 bits per heavy atom. The summed E-state index contributed by atoms with van der Waals surface area (Å²) in [5, 5.41) is 30.3. The van der Waals surface area contributed by atoms with Crippen LogP contribution in [0.3, 0.4) is 0 Å². The molecular formula is C86H70N8. The van der Waals surface area contributed by atoms with Crippen LogP contribution in [0, 0.1) is 35.8 Å². The fraction of sp³-hybridized carbons (Fsp3) is 0.186. The fourth-order valence-electron chi connectivity index (χ4n) is 14.5. The molecular weight excluding hydrogens is 1150 g/mol. The molecule has 15 rings (SSSR count). The van der Waals surface area contributed by atoms with Crippen LogP contribution in [0.15, 0.2) is 206 Å². The summed E-state index contributed by atoms with van der Waals surface area (Å²) in [7, 11) is 0. The zero-order chi connectivity index (χ0) is 65.7. The van der Waals surface area contributed by atoms with Gasteiger partial charge >= 0.3 is 0 Å². The van der Waals surface area contributed by atoms with Gasteiger partial charge in [-0.15, -0.1) is 0 Å². The van der Waals surface area contributed by atoms with Crippen molar-refractivity contribution in [3.05, 3.63) is 262 Å². The Labute approximate surface area is 548 Å². The predicted octanol–water partition coefficient (Wildman–Crippen LogP) is 23.4. The van der Waals surface area contributed by atoms with E-state index >= 15 is 0 Å². The van der Waals surface area contributed by atoms with Crippen molar-refractivity contribution in [2.45, 2.75) is 105 Å². The molecule has 0 saturated carbocycles. The third kappa shape index (κ3) is 9.12. The first kappa shape index (κ1) is 58.9. The number of hydrogen-bond acceptors (Lipinski definition) is 2. The van der Waals surface area contributed by atoms with Gasteiger partial charge in [0.2, 0.25) is 0 Å². The van der Waals surface area contributed by atoms with Crippen LogP contribution in [0.2, 0.25) is 0 Å². The molecule has 0 amide bonds. The Morgan fingerprint density at radius 2 is 0.681 bits per heavy atom. The molecule has 0 aliphatic carbocycles. The second-order valence-electron chi connectivity index (χ2n) is 29.4. The smallest absolute Gasteiger partial charge is 0.196 e. The fourth-order valence-corrected chi connectivity index (χ4v) is 14.5. The van der Waals surface area contributed by atoms with E-state index in [1.54, 1.807) is 12.1 Å². The van der Waals surface area contributed by atoms with Crippen LogP contribution in [-0.2, 0) is 21.7 Å². The first-order chi connectivity index (χ1) is 45.0. The van der Waals surface area contributed by atoms with Crippen molar-refractivity contribution in [1.82, 2.24) is 18.3 Å². The number of hydrogen-bond donors (Lipinski definition) is 0. The van der Waals surface area contributed by atoms with Crippen LogP contribution in [0.4, 0.5) is 11.4 Å². The van der Waals surface area contributed by atoms with E-state index in [4.69, 9.17) is 13.1 Å². The lowest BCUT2D eigenvalue weighted by Gasteiger charge is -2.20. The molecule has 0 spiro atoms. The van der Waals surface area contributed by atoms with Gasteiger partial charge in [0, 0.05) is 88.1 Å². The number of aromatic nitrogens is 4. The molecule has 8 heteroatoms. The summed E-state index contributed by atoms with van der Waals surface area (Å²) in [6.07, 6.45) is 0. The zero-order valence-corrected chi connectivity index (χ0v) is 55.2. The lowest BCUT2D eigenvalue weighted by atomic mass is 9.85. The molecule has 8 nitrogen and oxygen atoms in total. The van der Waals surface area contributed by atoms with Crippen LogP contribution >= 0.6 is 0 Å². The molecule has 0 atom stereocenters. The number of fused-ring (bicyclic) bond motifs is 12. The number of nitrogens with zero attached hydrogens (tertiary/aromatic N) is 8. The highest BCUT2D eigenvalue weighted by atomic mass is 15.0. The summed E-state index contributed by atoms with van der Waals surface area (Å²) in [5.41, 5.74) is 21.2. The maximum atomic E-state index is 11.4. The zero-order valence-electron chi connectivity index (χ0n) is 55.2. The van der Waals surface area contributed by atoms with Gasteiger partial charge in [-0.2, -0.15) is 10.5 Å². The maximum absolute atomic E-state index is 11.4. The monoisotopic (exact) mass is 1210 g/mol. The van der Waals surface area contributed by atoms with Crippen LogP contribution in [0.5, 0.6) is 0 Å². The molecule has 0 saturated heterocycles. The van der Waals surface area contributed by atoms with E-state index in [9.17, 15) is 10.5 Å². The Bertz CT molecular complexity index is 5410. The molecule has 0 aliphatic heterocycles. The average molecular weight is 1220 g/mol. The SMILES string of the molecule is [C-]#[N+]c1ccc(-c2c3c4ccccc4n(-c4ccc(-n5c6ccc(C(C)(C)C)cc6c6cc(C(C)(C)C)ccc65)cc4)c3c(-c3ccc(C#N)cc3[N+]#[C-])c3c4ccccc4n(-c4ccc(-n5c6ccc(C(C)(C)C)cc6c6cc(C(C)(C)C)ccc65)cc4)c23)c(C#N)c1. The normalized spacial score (nSPS) is 12.4. The Hall–Kier alpha value is -11.4. The molecule has 454 valence electrons. The summed E-state index contributed by atoms with van der Waals surface area (Å²) >= 11 is 0. The van der Waals surface area contributed by atoms with Crippen molar-refractivity contribution in [2.24, 2.45) is 0 Å². The Kier molecular flexibility index (Phi) is 13.2. The summed E-state index contributed by atoms with van der Waals surface area (Å²) < 4.78 is 9.43. The molecule has 0 fully saturated rings. The minimum Gasteiger partial charge on any atom is -0.309 e. The Balaban J connectivity index is 1.05. The van der Waals surface area contributed by atoms with Crippen LogP contribution < -0.4 is 0 Å². The number of para-hydroxylation sites is 2. The van der Waals surface area contributed by atoms with Gasteiger partial charge in [0.25, 0.3) is 0 Å². The van der Waals surface area contributed by atoms with E-state index in [1.807, 2.05) is 24.3 Å². The predicted molar refractivity (Wildman–Crippen MR) is 391 cm³/mol. The molecule has 0 N–H and O–H groups in total. The first-order valence-corrected chi connectivity index (χ1v) is 32.3. The molecule has 4 heterocycles. The van der Waals surface area contributed by atoms with E-state index in [1.165, 1.54) is 43.8 Å². The molecule has 4 aromatic heterocycles. The molecule has 0 unspecified atom stereocenters. The van der Waals surface area contributed by atoms with Gasteiger partial charge in [-0.25, -0.2) is 9.69 Å². The largest absolute Gasteiger partial charge is 0.309 e. The number of rotatable bonds is 6. The quantitative estimate of drug-likeness (QED) is 0.156. The van der Waals surface area contributed by atoms with Crippen LogP contribution in [0.1, 0.15) is 116 Å². The second-order valence-corrected chi connectivity index (χ2v) is 29.4. The van der Waals surface area contributed by atoms with E-state index in [2.05, 4.69) is 293 Å². The lowest BCUT2D eigenvalue weighted by Crippen LogP contribution is -2.10. The third-order valence-electron chi connectivity index (χ3n) is 19.5. The molecule has 11 aromatic carbocycles. The van der Waals surface area contributed by atoms with Crippen molar-refractivity contribution >= 4 is 98.6 Å². The van der Waals surface area contributed by atoms with Crippen molar-refractivity contribution in [3.8, 4) is 57.1 Å². The topological polar surface area (TPSA) is 76.0 Å². The van der Waals surface area contributed by atoms with Crippen LogP contribution in [0.25, 0.3) is 142 Å². The van der Waals surface area contributed by atoms with Crippen LogP contribution in [-0.4, -0.2) is 18.3 Å². The van der Waals surface area contributed by atoms with Gasteiger partial charge in [0.1, 0.15) is 0 Å². The van der Waals surface area contributed by atoms with Gasteiger partial charge in [0.05, 0.1) is 69.4 Å². The van der Waals surface area contributed by atoms with E-state index in [0.717, 1.165) is 99.6 Å². The van der Waals surface area contributed by atoms with Crippen molar-refractivity contribution in [3.63, 3.8) is 0 Å². The average Bonchev–Trinajstić information content (AvgIpc) is 1.51. The standard InChI is InChI=1S/C86H70N8/c1-83(2,3)53-24-39-73-66(45-53)67-46-54(84(4,5)6)25-40-74(67)91(73)58-29-33-60(34-30-58)93-72-22-18-16-20-65(72)80-78(63-37-23-51(49-87)43-70(63)90-14)82-79(77(81(80)93)62-38-28-57(89-13)44-52(62)50-88)64-19-15-17-21-71(64)94(82)61-35-31-59(32-36-61)92-75-41-26-55(85(7,8)9)47-68(75)69-48-56(86(10,11)12)27-42-76(69)92/h15-48H,1-12H3. The molecule has 94 heavy (non-hydrogen) atoms. The van der Waals surface area contributed by atoms with E-state index < -0.39 is 0 Å². The van der Waals surface area contributed by atoms with E-state index in [0.29, 0.717) is 33.6 Å². The number of nitriles is 2. The highest BCUT2D eigenvalue weighted by molar-refractivity contribution is 6.34. The summed E-state index contributed by atoms with van der Waals surface area (Å²) in [5.74, 6) is 0. The molecule has 0 bridgehead atoms.